The summed E-state index contributed by atoms with van der Waals surface area (Å²) in [6.07, 6.45) is 9.99. The van der Waals surface area contributed by atoms with Gasteiger partial charge in [0.05, 0.1) is 6.61 Å². The zero-order valence-electron chi connectivity index (χ0n) is 11.0. The highest BCUT2D eigenvalue weighted by molar-refractivity contribution is 5.35. The smallest absolute Gasteiger partial charge is 0.0617 e. The minimum absolute atomic E-state index is 0.123. The molecule has 1 rings (SSSR count). The second kappa shape index (κ2) is 5.49. The molecule has 0 aromatic carbocycles. The third-order valence-electron chi connectivity index (χ3n) is 3.47. The highest BCUT2D eigenvalue weighted by Gasteiger charge is 2.26. The van der Waals surface area contributed by atoms with Gasteiger partial charge in [0.2, 0.25) is 0 Å². The lowest BCUT2D eigenvalue weighted by Gasteiger charge is -2.32. The van der Waals surface area contributed by atoms with Gasteiger partial charge in [0.25, 0.3) is 0 Å². The second-order valence-corrected chi connectivity index (χ2v) is 5.40. The molecule has 0 unspecified atom stereocenters. The zero-order chi connectivity index (χ0) is 12.2. The molecule has 0 radical (unpaired) electrons. The van der Waals surface area contributed by atoms with Crippen molar-refractivity contribution in [2.45, 2.75) is 47.0 Å². The molecule has 0 saturated heterocycles. The van der Waals surface area contributed by atoms with Crippen molar-refractivity contribution in [1.29, 1.82) is 0 Å². The molecule has 1 aliphatic carbocycles. The fraction of sp³-hybridized carbons (Fsp3) is 0.600. The van der Waals surface area contributed by atoms with Crippen LogP contribution in [0.3, 0.4) is 0 Å². The first-order chi connectivity index (χ1) is 7.47. The molecule has 90 valence electrons. The Labute approximate surface area is 99.6 Å². The second-order valence-electron chi connectivity index (χ2n) is 5.40. The average Bonchev–Trinajstić information content (AvgIpc) is 2.16. The first-order valence-corrected chi connectivity index (χ1v) is 6.13. The standard InChI is InChI=1S/C15H24O/c1-12(9-11-16)7-8-14-13(2)6-5-10-15(14,3)4/h7-9,16H,5-6,10-11H2,1-4H3/b8-7+,12-9-. The molecule has 16 heavy (non-hydrogen) atoms. The molecule has 0 fully saturated rings. The predicted molar refractivity (Wildman–Crippen MR) is 70.3 cm³/mol. The molecule has 0 aromatic rings. The van der Waals surface area contributed by atoms with Crippen molar-refractivity contribution in [2.75, 3.05) is 6.61 Å². The monoisotopic (exact) mass is 220 g/mol. The Balaban J connectivity index is 2.89. The number of aliphatic hydroxyl groups is 1. The molecule has 0 aromatic heterocycles. The number of aliphatic hydroxyl groups excluding tert-OH is 1. The molecule has 1 N–H and O–H groups in total. The zero-order valence-corrected chi connectivity index (χ0v) is 11.0. The molecule has 0 saturated carbocycles. The van der Waals surface area contributed by atoms with Crippen LogP contribution in [0.5, 0.6) is 0 Å². The van der Waals surface area contributed by atoms with E-state index in [1.54, 1.807) is 0 Å². The first kappa shape index (κ1) is 13.2. The molecule has 0 heterocycles. The number of rotatable bonds is 3. The molecule has 1 nitrogen and oxygen atoms in total. The van der Waals surface area contributed by atoms with Gasteiger partial charge in [-0.2, -0.15) is 0 Å². The van der Waals surface area contributed by atoms with Crippen LogP contribution in [-0.2, 0) is 0 Å². The lowest BCUT2D eigenvalue weighted by Crippen LogP contribution is -2.19. The number of allylic oxidation sites excluding steroid dienone is 5. The van der Waals surface area contributed by atoms with Gasteiger partial charge in [-0.05, 0) is 44.1 Å². The van der Waals surface area contributed by atoms with Gasteiger partial charge in [-0.15, -0.1) is 0 Å². The van der Waals surface area contributed by atoms with Crippen LogP contribution in [0.2, 0.25) is 0 Å². The molecule has 1 heteroatoms. The van der Waals surface area contributed by atoms with Crippen molar-refractivity contribution in [3.63, 3.8) is 0 Å². The summed E-state index contributed by atoms with van der Waals surface area (Å²) in [6.45, 7) is 9.03. The van der Waals surface area contributed by atoms with Crippen LogP contribution in [-0.4, -0.2) is 11.7 Å². The van der Waals surface area contributed by atoms with Crippen molar-refractivity contribution < 1.29 is 5.11 Å². The van der Waals surface area contributed by atoms with E-state index in [-0.39, 0.29) is 6.61 Å². The van der Waals surface area contributed by atoms with E-state index in [2.05, 4.69) is 32.9 Å². The van der Waals surface area contributed by atoms with Gasteiger partial charge < -0.3 is 5.11 Å². The van der Waals surface area contributed by atoms with Crippen molar-refractivity contribution in [2.24, 2.45) is 5.41 Å². The number of hydrogen-bond donors (Lipinski definition) is 1. The van der Waals surface area contributed by atoms with Crippen LogP contribution in [0, 0.1) is 5.41 Å². The first-order valence-electron chi connectivity index (χ1n) is 6.13. The highest BCUT2D eigenvalue weighted by Crippen LogP contribution is 2.40. The van der Waals surface area contributed by atoms with Crippen LogP contribution in [0.4, 0.5) is 0 Å². The van der Waals surface area contributed by atoms with E-state index >= 15 is 0 Å². The maximum absolute atomic E-state index is 8.81. The van der Waals surface area contributed by atoms with Crippen molar-refractivity contribution in [3.8, 4) is 0 Å². The van der Waals surface area contributed by atoms with E-state index in [9.17, 15) is 0 Å². The molecular weight excluding hydrogens is 196 g/mol. The molecule has 0 atom stereocenters. The molecule has 0 aliphatic heterocycles. The van der Waals surface area contributed by atoms with Crippen molar-refractivity contribution in [1.82, 2.24) is 0 Å². The van der Waals surface area contributed by atoms with Gasteiger partial charge in [-0.1, -0.05) is 43.2 Å². The Morgan fingerprint density at radius 3 is 2.69 bits per heavy atom. The highest BCUT2D eigenvalue weighted by atomic mass is 16.2. The van der Waals surface area contributed by atoms with Crippen LogP contribution in [0.15, 0.2) is 34.9 Å². The van der Waals surface area contributed by atoms with E-state index in [4.69, 9.17) is 5.11 Å². The topological polar surface area (TPSA) is 20.2 Å². The molecule has 0 bridgehead atoms. The van der Waals surface area contributed by atoms with E-state index < -0.39 is 0 Å². The Hall–Kier alpha value is -0.820. The minimum atomic E-state index is 0.123. The van der Waals surface area contributed by atoms with E-state index in [0.29, 0.717) is 5.41 Å². The van der Waals surface area contributed by atoms with Gasteiger partial charge in [-0.3, -0.25) is 0 Å². The van der Waals surface area contributed by atoms with E-state index in [1.807, 2.05) is 13.0 Å². The maximum atomic E-state index is 8.81. The maximum Gasteiger partial charge on any atom is 0.0617 e. The fourth-order valence-electron chi connectivity index (χ4n) is 2.44. The van der Waals surface area contributed by atoms with Crippen LogP contribution in [0.1, 0.15) is 47.0 Å². The molecule has 0 amide bonds. The van der Waals surface area contributed by atoms with Gasteiger partial charge in [0.1, 0.15) is 0 Å². The summed E-state index contributed by atoms with van der Waals surface area (Å²) in [6, 6.07) is 0. The quantitative estimate of drug-likeness (QED) is 0.713. The summed E-state index contributed by atoms with van der Waals surface area (Å²) in [5.41, 5.74) is 4.43. The summed E-state index contributed by atoms with van der Waals surface area (Å²) in [4.78, 5) is 0. The predicted octanol–water partition coefficient (Wildman–Crippen LogP) is 4.01. The van der Waals surface area contributed by atoms with Gasteiger partial charge in [-0.25, -0.2) is 0 Å². The molecule has 0 spiro atoms. The Morgan fingerprint density at radius 2 is 2.12 bits per heavy atom. The summed E-state index contributed by atoms with van der Waals surface area (Å²) < 4.78 is 0. The molecular formula is C15H24O. The third-order valence-corrected chi connectivity index (χ3v) is 3.47. The van der Waals surface area contributed by atoms with Gasteiger partial charge in [0.15, 0.2) is 0 Å². The van der Waals surface area contributed by atoms with Crippen molar-refractivity contribution >= 4 is 0 Å². The Morgan fingerprint density at radius 1 is 1.44 bits per heavy atom. The van der Waals surface area contributed by atoms with E-state index in [0.717, 1.165) is 5.57 Å². The summed E-state index contributed by atoms with van der Waals surface area (Å²) >= 11 is 0. The lowest BCUT2D eigenvalue weighted by molar-refractivity contribution is 0.342. The van der Waals surface area contributed by atoms with Gasteiger partial charge >= 0.3 is 0 Å². The largest absolute Gasteiger partial charge is 0.392 e. The Kier molecular flexibility index (Phi) is 4.55. The summed E-state index contributed by atoms with van der Waals surface area (Å²) in [5, 5.41) is 8.81. The SMILES string of the molecule is CC1=C(/C=C/C(C)=C\CO)C(C)(C)CCC1. The van der Waals surface area contributed by atoms with E-state index in [1.165, 1.54) is 30.4 Å². The Bertz CT molecular complexity index is 329. The normalized spacial score (nSPS) is 21.9. The lowest BCUT2D eigenvalue weighted by atomic mass is 9.72. The minimum Gasteiger partial charge on any atom is -0.392 e. The average molecular weight is 220 g/mol. The third kappa shape index (κ3) is 3.34. The van der Waals surface area contributed by atoms with Crippen LogP contribution >= 0.6 is 0 Å². The fourth-order valence-corrected chi connectivity index (χ4v) is 2.44. The number of hydrogen-bond acceptors (Lipinski definition) is 1. The summed E-state index contributed by atoms with van der Waals surface area (Å²) in [7, 11) is 0. The molecule has 1 aliphatic rings. The summed E-state index contributed by atoms with van der Waals surface area (Å²) in [5.74, 6) is 0. The van der Waals surface area contributed by atoms with Gasteiger partial charge in [0, 0.05) is 0 Å². The van der Waals surface area contributed by atoms with Crippen LogP contribution < -0.4 is 0 Å². The van der Waals surface area contributed by atoms with Crippen molar-refractivity contribution in [3.05, 3.63) is 34.9 Å². The van der Waals surface area contributed by atoms with Crippen LogP contribution in [0.25, 0.3) is 0 Å².